The van der Waals surface area contributed by atoms with Crippen molar-refractivity contribution in [3.05, 3.63) is 23.5 Å². The van der Waals surface area contributed by atoms with Crippen LogP contribution >= 0.6 is 0 Å². The summed E-state index contributed by atoms with van der Waals surface area (Å²) in [7, 11) is 0. The third-order valence-corrected chi connectivity index (χ3v) is 5.48. The third-order valence-electron chi connectivity index (χ3n) is 5.48. The van der Waals surface area contributed by atoms with Crippen LogP contribution in [0.4, 0.5) is 19.1 Å². The Kier molecular flexibility index (Phi) is 4.24. The second-order valence-corrected chi connectivity index (χ2v) is 7.05. The molecule has 10 heteroatoms. The highest BCUT2D eigenvalue weighted by molar-refractivity contribution is 5.58. The average Bonchev–Trinajstić information content (AvgIpc) is 2.93. The van der Waals surface area contributed by atoms with E-state index in [0.717, 1.165) is 0 Å². The second kappa shape index (κ2) is 6.35. The van der Waals surface area contributed by atoms with Crippen LogP contribution in [-0.2, 0) is 10.2 Å². The number of nitriles is 1. The molecule has 3 heterocycles. The monoisotopic (exact) mass is 381 g/mol. The fraction of sp³-hybridized carbons (Fsp3) is 0.588. The first-order chi connectivity index (χ1) is 12.9. The summed E-state index contributed by atoms with van der Waals surface area (Å²) in [6.45, 7) is 0.631. The zero-order chi connectivity index (χ0) is 19.2. The maximum atomic E-state index is 13.9. The van der Waals surface area contributed by atoms with E-state index in [9.17, 15) is 23.5 Å². The second-order valence-electron chi connectivity index (χ2n) is 7.05. The molecular formula is C17H18F3N5O2. The van der Waals surface area contributed by atoms with Gasteiger partial charge in [-0.3, -0.25) is 0 Å². The van der Waals surface area contributed by atoms with Gasteiger partial charge in [0.15, 0.2) is 0 Å². The van der Waals surface area contributed by atoms with Crippen molar-refractivity contribution in [3.63, 3.8) is 0 Å². The summed E-state index contributed by atoms with van der Waals surface area (Å²) in [6, 6.07) is 2.90. The topological polar surface area (TPSA) is 95.5 Å². The number of halogens is 3. The average molecular weight is 381 g/mol. The molecule has 2 atom stereocenters. The largest absolute Gasteiger partial charge is 0.399 e. The highest BCUT2D eigenvalue weighted by Gasteiger charge is 2.61. The standard InChI is InChI=1S/C17H18F3N5O2/c18-17(19,20)16(3-1-4-16)14-10(7-21)6-11-8-22-15(24-25(11)14)23-12-2-5-27-9-13(12)26/h6,8,12-13,26H,1-5,9H2,(H,23,24)/t12-,13-/m1/s1. The number of anilines is 1. The van der Waals surface area contributed by atoms with E-state index < -0.39 is 17.7 Å². The van der Waals surface area contributed by atoms with E-state index in [4.69, 9.17) is 4.74 Å². The van der Waals surface area contributed by atoms with Gasteiger partial charge in [-0.15, -0.1) is 5.10 Å². The summed E-state index contributed by atoms with van der Waals surface area (Å²) in [5.41, 5.74) is -1.90. The van der Waals surface area contributed by atoms with E-state index >= 15 is 0 Å². The predicted octanol–water partition coefficient (Wildman–Crippen LogP) is 2.15. The number of aliphatic hydroxyl groups excluding tert-OH is 1. The van der Waals surface area contributed by atoms with E-state index in [2.05, 4.69) is 15.4 Å². The fourth-order valence-corrected chi connectivity index (χ4v) is 3.82. The first-order valence-electron chi connectivity index (χ1n) is 8.74. The van der Waals surface area contributed by atoms with Gasteiger partial charge < -0.3 is 15.2 Å². The van der Waals surface area contributed by atoms with Crippen molar-refractivity contribution in [2.45, 2.75) is 49.4 Å². The third kappa shape index (κ3) is 2.82. The van der Waals surface area contributed by atoms with Gasteiger partial charge in [-0.2, -0.15) is 18.4 Å². The summed E-state index contributed by atoms with van der Waals surface area (Å²) < 4.78 is 47.9. The molecule has 7 nitrogen and oxygen atoms in total. The zero-order valence-electron chi connectivity index (χ0n) is 14.3. The van der Waals surface area contributed by atoms with Gasteiger partial charge in [0, 0.05) is 6.61 Å². The summed E-state index contributed by atoms with van der Waals surface area (Å²) >= 11 is 0. The zero-order valence-corrected chi connectivity index (χ0v) is 14.3. The van der Waals surface area contributed by atoms with Crippen LogP contribution in [0, 0.1) is 11.3 Å². The molecule has 0 radical (unpaired) electrons. The number of fused-ring (bicyclic) bond motifs is 1. The maximum Gasteiger partial charge on any atom is 0.399 e. The molecule has 1 aliphatic carbocycles. The Labute approximate surface area is 152 Å². The molecule has 2 aromatic heterocycles. The molecule has 2 fully saturated rings. The van der Waals surface area contributed by atoms with Crippen LogP contribution < -0.4 is 5.32 Å². The Bertz CT molecular complexity index is 900. The molecule has 0 spiro atoms. The Balaban J connectivity index is 1.78. The number of aromatic nitrogens is 3. The number of hydrogen-bond acceptors (Lipinski definition) is 6. The summed E-state index contributed by atoms with van der Waals surface area (Å²) in [5.74, 6) is 0.103. The van der Waals surface area contributed by atoms with E-state index in [0.29, 0.717) is 25.0 Å². The number of hydrogen-bond donors (Lipinski definition) is 2. The van der Waals surface area contributed by atoms with Gasteiger partial charge in [0.2, 0.25) is 5.95 Å². The Morgan fingerprint density at radius 3 is 2.78 bits per heavy atom. The van der Waals surface area contributed by atoms with Gasteiger partial charge >= 0.3 is 6.18 Å². The molecule has 1 aliphatic heterocycles. The number of nitrogens with zero attached hydrogens (tertiary/aromatic N) is 4. The lowest BCUT2D eigenvalue weighted by Gasteiger charge is -2.42. The van der Waals surface area contributed by atoms with Crippen molar-refractivity contribution in [2.24, 2.45) is 0 Å². The fourth-order valence-electron chi connectivity index (χ4n) is 3.82. The van der Waals surface area contributed by atoms with Crippen molar-refractivity contribution >= 4 is 11.5 Å². The number of alkyl halides is 3. The lowest BCUT2D eigenvalue weighted by Crippen LogP contribution is -2.49. The molecule has 0 amide bonds. The molecular weight excluding hydrogens is 363 g/mol. The van der Waals surface area contributed by atoms with Gasteiger partial charge in [0.05, 0.1) is 41.7 Å². The van der Waals surface area contributed by atoms with Gasteiger partial charge in [-0.1, -0.05) is 6.42 Å². The first kappa shape index (κ1) is 18.0. The number of ether oxygens (including phenoxy) is 1. The molecule has 0 unspecified atom stereocenters. The summed E-state index contributed by atoms with van der Waals surface area (Å²) in [6.07, 6.45) is -3.01. The van der Waals surface area contributed by atoms with E-state index in [1.54, 1.807) is 0 Å². The molecule has 2 aliphatic rings. The van der Waals surface area contributed by atoms with Crippen molar-refractivity contribution < 1.29 is 23.0 Å². The lowest BCUT2D eigenvalue weighted by molar-refractivity contribution is -0.214. The molecule has 4 rings (SSSR count). The van der Waals surface area contributed by atoms with Crippen molar-refractivity contribution in [1.29, 1.82) is 5.26 Å². The van der Waals surface area contributed by atoms with Crippen LogP contribution in [0.25, 0.3) is 5.52 Å². The maximum absolute atomic E-state index is 13.9. The van der Waals surface area contributed by atoms with Gasteiger partial charge in [0.25, 0.3) is 0 Å². The minimum atomic E-state index is -4.47. The van der Waals surface area contributed by atoms with Crippen LogP contribution in [-0.4, -0.2) is 51.2 Å². The summed E-state index contributed by atoms with van der Waals surface area (Å²) in [5, 5.41) is 26.6. The highest BCUT2D eigenvalue weighted by Crippen LogP contribution is 2.55. The van der Waals surface area contributed by atoms with Crippen LogP contribution in [0.5, 0.6) is 0 Å². The van der Waals surface area contributed by atoms with Gasteiger partial charge in [-0.25, -0.2) is 9.50 Å². The molecule has 2 aromatic rings. The quantitative estimate of drug-likeness (QED) is 0.846. The van der Waals surface area contributed by atoms with Gasteiger partial charge in [-0.05, 0) is 25.3 Å². The summed E-state index contributed by atoms with van der Waals surface area (Å²) in [4.78, 5) is 4.13. The van der Waals surface area contributed by atoms with E-state index in [1.165, 1.54) is 16.8 Å². The number of nitrogens with one attached hydrogen (secondary N) is 1. The first-order valence-corrected chi connectivity index (χ1v) is 8.74. The van der Waals surface area contributed by atoms with Crippen molar-refractivity contribution in [1.82, 2.24) is 14.6 Å². The molecule has 1 saturated carbocycles. The molecule has 144 valence electrons. The van der Waals surface area contributed by atoms with Crippen molar-refractivity contribution in [2.75, 3.05) is 18.5 Å². The normalized spacial score (nSPS) is 25.0. The molecule has 27 heavy (non-hydrogen) atoms. The Morgan fingerprint density at radius 2 is 2.19 bits per heavy atom. The van der Waals surface area contributed by atoms with Crippen LogP contribution in [0.3, 0.4) is 0 Å². The molecule has 0 aromatic carbocycles. The van der Waals surface area contributed by atoms with Gasteiger partial charge in [0.1, 0.15) is 11.5 Å². The Hall–Kier alpha value is -2.38. The predicted molar refractivity (Wildman–Crippen MR) is 88.1 cm³/mol. The minimum Gasteiger partial charge on any atom is -0.389 e. The molecule has 1 saturated heterocycles. The highest BCUT2D eigenvalue weighted by atomic mass is 19.4. The Morgan fingerprint density at radius 1 is 1.41 bits per heavy atom. The van der Waals surface area contributed by atoms with Crippen LogP contribution in [0.1, 0.15) is 36.9 Å². The number of aliphatic hydroxyl groups is 1. The molecule has 0 bridgehead atoms. The van der Waals surface area contributed by atoms with E-state index in [1.807, 2.05) is 6.07 Å². The molecule has 2 N–H and O–H groups in total. The lowest BCUT2D eigenvalue weighted by atomic mass is 9.65. The van der Waals surface area contributed by atoms with Crippen molar-refractivity contribution in [3.8, 4) is 6.07 Å². The minimum absolute atomic E-state index is 0.0374. The smallest absolute Gasteiger partial charge is 0.389 e. The van der Waals surface area contributed by atoms with Crippen LogP contribution in [0.15, 0.2) is 12.3 Å². The van der Waals surface area contributed by atoms with E-state index in [-0.39, 0.29) is 42.7 Å². The van der Waals surface area contributed by atoms with Crippen LogP contribution in [0.2, 0.25) is 0 Å². The number of rotatable bonds is 3. The SMILES string of the molecule is N#Cc1cc2cnc(N[C@@H]3CCOC[C@H]3O)nn2c1C1(C(F)(F)F)CCC1.